The fraction of sp³-hybridized carbons (Fsp3) is 0.588. The first-order valence-electron chi connectivity index (χ1n) is 7.69. The van der Waals surface area contributed by atoms with Crippen LogP contribution in [0.4, 0.5) is 5.69 Å². The van der Waals surface area contributed by atoms with Gasteiger partial charge in [-0.15, -0.1) is 12.4 Å². The number of hydrogen-bond donors (Lipinski definition) is 2. The van der Waals surface area contributed by atoms with Gasteiger partial charge in [-0.1, -0.05) is 26.0 Å². The van der Waals surface area contributed by atoms with Crippen LogP contribution in [0.3, 0.4) is 0 Å². The molecule has 1 aromatic rings. The van der Waals surface area contributed by atoms with E-state index in [1.165, 1.54) is 0 Å². The monoisotopic (exact) mass is 328 g/mol. The number of carbonyl (C=O) groups is 1. The molecule has 0 unspecified atom stereocenters. The summed E-state index contributed by atoms with van der Waals surface area (Å²) in [5.74, 6) is -0.00284. The summed E-state index contributed by atoms with van der Waals surface area (Å²) in [6.07, 6.45) is 1.66. The molecule has 0 atom stereocenters. The van der Waals surface area contributed by atoms with Gasteiger partial charge in [-0.3, -0.25) is 4.79 Å². The number of anilines is 1. The lowest BCUT2D eigenvalue weighted by atomic mass is 9.81. The SMILES string of the molecule is CCC(CC)(CN)C(=O)Nc1cccc(COC(C)C)c1.Cl. The average Bonchev–Trinajstić information content (AvgIpc) is 2.48. The average molecular weight is 329 g/mol. The molecule has 0 aliphatic carbocycles. The lowest BCUT2D eigenvalue weighted by molar-refractivity contribution is -0.125. The lowest BCUT2D eigenvalue weighted by Gasteiger charge is -2.28. The van der Waals surface area contributed by atoms with Gasteiger partial charge in [0.25, 0.3) is 0 Å². The smallest absolute Gasteiger partial charge is 0.231 e. The van der Waals surface area contributed by atoms with Gasteiger partial charge in [-0.25, -0.2) is 0 Å². The van der Waals surface area contributed by atoms with Gasteiger partial charge in [0.1, 0.15) is 0 Å². The molecule has 0 saturated carbocycles. The van der Waals surface area contributed by atoms with Gasteiger partial charge < -0.3 is 15.8 Å². The molecule has 1 amide bonds. The third kappa shape index (κ3) is 5.59. The molecule has 0 bridgehead atoms. The van der Waals surface area contributed by atoms with Crippen LogP contribution in [0.25, 0.3) is 0 Å². The fourth-order valence-electron chi connectivity index (χ4n) is 2.22. The lowest BCUT2D eigenvalue weighted by Crippen LogP contribution is -2.41. The van der Waals surface area contributed by atoms with Crippen molar-refractivity contribution in [1.29, 1.82) is 0 Å². The molecule has 0 radical (unpaired) electrons. The molecule has 0 aliphatic heterocycles. The summed E-state index contributed by atoms with van der Waals surface area (Å²) in [6, 6.07) is 7.76. The number of ether oxygens (including phenoxy) is 1. The number of nitrogens with one attached hydrogen (secondary N) is 1. The second kappa shape index (κ2) is 9.82. The Balaban J connectivity index is 0.00000441. The molecule has 0 spiro atoms. The van der Waals surface area contributed by atoms with Crippen molar-refractivity contribution < 1.29 is 9.53 Å². The first-order chi connectivity index (χ1) is 9.97. The second-order valence-corrected chi connectivity index (χ2v) is 5.71. The van der Waals surface area contributed by atoms with E-state index in [1.807, 2.05) is 52.0 Å². The van der Waals surface area contributed by atoms with Gasteiger partial charge in [-0.2, -0.15) is 0 Å². The largest absolute Gasteiger partial charge is 0.374 e. The van der Waals surface area contributed by atoms with Crippen LogP contribution in [0.2, 0.25) is 0 Å². The molecule has 0 aliphatic rings. The molecule has 5 heteroatoms. The van der Waals surface area contributed by atoms with Crippen molar-refractivity contribution in [3.05, 3.63) is 29.8 Å². The molecular weight excluding hydrogens is 300 g/mol. The number of nitrogens with two attached hydrogens (primary N) is 1. The van der Waals surface area contributed by atoms with Crippen LogP contribution in [0.1, 0.15) is 46.1 Å². The fourth-order valence-corrected chi connectivity index (χ4v) is 2.22. The molecule has 0 heterocycles. The van der Waals surface area contributed by atoms with E-state index >= 15 is 0 Å². The van der Waals surface area contributed by atoms with Crippen molar-refractivity contribution in [2.75, 3.05) is 11.9 Å². The summed E-state index contributed by atoms with van der Waals surface area (Å²) in [7, 11) is 0. The topological polar surface area (TPSA) is 64.4 Å². The Kier molecular flexibility index (Phi) is 9.33. The van der Waals surface area contributed by atoms with Crippen LogP contribution in [0.5, 0.6) is 0 Å². The van der Waals surface area contributed by atoms with Crippen LogP contribution in [-0.4, -0.2) is 18.6 Å². The Morgan fingerprint density at radius 2 is 1.95 bits per heavy atom. The molecule has 22 heavy (non-hydrogen) atoms. The summed E-state index contributed by atoms with van der Waals surface area (Å²) in [5, 5.41) is 2.99. The number of halogens is 1. The number of benzene rings is 1. The minimum Gasteiger partial charge on any atom is -0.374 e. The molecule has 3 N–H and O–H groups in total. The normalized spacial score (nSPS) is 11.2. The molecule has 4 nitrogen and oxygen atoms in total. The Labute approximate surface area is 140 Å². The van der Waals surface area contributed by atoms with E-state index in [2.05, 4.69) is 5.32 Å². The molecule has 1 aromatic carbocycles. The highest BCUT2D eigenvalue weighted by molar-refractivity contribution is 5.95. The maximum Gasteiger partial charge on any atom is 0.231 e. The van der Waals surface area contributed by atoms with Crippen LogP contribution < -0.4 is 11.1 Å². The Bertz CT molecular complexity index is 451. The van der Waals surface area contributed by atoms with Gasteiger partial charge in [0.05, 0.1) is 18.1 Å². The zero-order valence-corrected chi connectivity index (χ0v) is 14.8. The van der Waals surface area contributed by atoms with E-state index < -0.39 is 5.41 Å². The number of carbonyl (C=O) groups excluding carboxylic acids is 1. The molecule has 0 saturated heterocycles. The standard InChI is InChI=1S/C17H28N2O2.ClH/c1-5-17(6-2,12-18)16(20)19-15-9-7-8-14(10-15)11-21-13(3)4;/h7-10,13H,5-6,11-12,18H2,1-4H3,(H,19,20);1H. The minimum absolute atomic E-state index is 0. The zero-order chi connectivity index (χ0) is 15.9. The minimum atomic E-state index is -0.482. The molecular formula is C17H29ClN2O2. The summed E-state index contributed by atoms with van der Waals surface area (Å²) >= 11 is 0. The predicted molar refractivity (Wildman–Crippen MR) is 94.3 cm³/mol. The van der Waals surface area contributed by atoms with Crippen molar-refractivity contribution in [2.24, 2.45) is 11.1 Å². The van der Waals surface area contributed by atoms with E-state index in [1.54, 1.807) is 0 Å². The maximum absolute atomic E-state index is 12.5. The van der Waals surface area contributed by atoms with Gasteiger partial charge in [0.15, 0.2) is 0 Å². The van der Waals surface area contributed by atoms with Crippen molar-refractivity contribution in [3.8, 4) is 0 Å². The molecule has 126 valence electrons. The van der Waals surface area contributed by atoms with Gasteiger partial charge in [-0.05, 0) is 44.4 Å². The Morgan fingerprint density at radius 1 is 1.32 bits per heavy atom. The molecule has 0 fully saturated rings. The van der Waals surface area contributed by atoms with Gasteiger partial charge in [0, 0.05) is 12.2 Å². The number of rotatable bonds is 8. The van der Waals surface area contributed by atoms with Gasteiger partial charge in [0.2, 0.25) is 5.91 Å². The summed E-state index contributed by atoms with van der Waals surface area (Å²) < 4.78 is 5.59. The summed E-state index contributed by atoms with van der Waals surface area (Å²) in [6.45, 7) is 8.92. The maximum atomic E-state index is 12.5. The Morgan fingerprint density at radius 3 is 2.45 bits per heavy atom. The first-order valence-corrected chi connectivity index (χ1v) is 7.69. The molecule has 0 aromatic heterocycles. The quantitative estimate of drug-likeness (QED) is 0.764. The van der Waals surface area contributed by atoms with E-state index in [0.717, 1.165) is 24.1 Å². The zero-order valence-electron chi connectivity index (χ0n) is 14.0. The van der Waals surface area contributed by atoms with E-state index in [0.29, 0.717) is 13.2 Å². The third-order valence-electron chi connectivity index (χ3n) is 3.99. The van der Waals surface area contributed by atoms with E-state index in [-0.39, 0.29) is 24.4 Å². The molecule has 1 rings (SSSR count). The van der Waals surface area contributed by atoms with Crippen LogP contribution >= 0.6 is 12.4 Å². The number of amides is 1. The van der Waals surface area contributed by atoms with Crippen LogP contribution in [0, 0.1) is 5.41 Å². The summed E-state index contributed by atoms with van der Waals surface area (Å²) in [4.78, 5) is 12.5. The first kappa shape index (κ1) is 20.9. The third-order valence-corrected chi connectivity index (χ3v) is 3.99. The highest BCUT2D eigenvalue weighted by Crippen LogP contribution is 2.27. The van der Waals surface area contributed by atoms with Crippen LogP contribution in [0.15, 0.2) is 24.3 Å². The van der Waals surface area contributed by atoms with Crippen molar-refractivity contribution >= 4 is 24.0 Å². The number of hydrogen-bond acceptors (Lipinski definition) is 3. The highest BCUT2D eigenvalue weighted by atomic mass is 35.5. The van der Waals surface area contributed by atoms with Crippen molar-refractivity contribution in [2.45, 2.75) is 53.2 Å². The predicted octanol–water partition coefficient (Wildman–Crippen LogP) is 3.74. The van der Waals surface area contributed by atoms with Crippen molar-refractivity contribution in [1.82, 2.24) is 0 Å². The van der Waals surface area contributed by atoms with Crippen LogP contribution in [-0.2, 0) is 16.1 Å². The summed E-state index contributed by atoms with van der Waals surface area (Å²) in [5.41, 5.74) is 7.18. The van der Waals surface area contributed by atoms with E-state index in [4.69, 9.17) is 10.5 Å². The highest BCUT2D eigenvalue weighted by Gasteiger charge is 2.33. The van der Waals surface area contributed by atoms with Gasteiger partial charge >= 0.3 is 0 Å². The van der Waals surface area contributed by atoms with E-state index in [9.17, 15) is 4.79 Å². The van der Waals surface area contributed by atoms with Crippen molar-refractivity contribution in [3.63, 3.8) is 0 Å². The second-order valence-electron chi connectivity index (χ2n) is 5.71. The Hall–Kier alpha value is -1.10.